The number of fused-ring (bicyclic) bond motifs is 1. The highest BCUT2D eigenvalue weighted by molar-refractivity contribution is 5.79. The SMILES string of the molecule is COCCCn1ncc2ccc(C[C@@H](C[C@H](NC(=O)OC(C)(C)C)[C@@H](O)CN)C(C)C)cc21. The molecule has 1 aromatic heterocycles. The normalized spacial score (nSPS) is 14.9. The summed E-state index contributed by atoms with van der Waals surface area (Å²) >= 11 is 0. The molecule has 0 fully saturated rings. The lowest BCUT2D eigenvalue weighted by atomic mass is 9.83. The van der Waals surface area contributed by atoms with E-state index in [-0.39, 0.29) is 12.5 Å². The number of nitrogens with two attached hydrogens (primary N) is 1. The molecule has 33 heavy (non-hydrogen) atoms. The lowest BCUT2D eigenvalue weighted by Crippen LogP contribution is -2.49. The zero-order valence-electron chi connectivity index (χ0n) is 21.0. The summed E-state index contributed by atoms with van der Waals surface area (Å²) in [7, 11) is 1.71. The van der Waals surface area contributed by atoms with Crippen LogP contribution in [-0.4, -0.2) is 59.0 Å². The molecular formula is C25H42N4O4. The van der Waals surface area contributed by atoms with E-state index < -0.39 is 23.8 Å². The van der Waals surface area contributed by atoms with Gasteiger partial charge in [-0.1, -0.05) is 26.0 Å². The first-order chi connectivity index (χ1) is 15.5. The first kappa shape index (κ1) is 27.1. The molecule has 186 valence electrons. The second-order valence-corrected chi connectivity index (χ2v) is 10.1. The van der Waals surface area contributed by atoms with Crippen LogP contribution in [0.2, 0.25) is 0 Å². The fraction of sp³-hybridized carbons (Fsp3) is 0.680. The summed E-state index contributed by atoms with van der Waals surface area (Å²) in [6.07, 6.45) is 2.83. The minimum atomic E-state index is -0.844. The maximum Gasteiger partial charge on any atom is 0.407 e. The minimum Gasteiger partial charge on any atom is -0.444 e. The molecule has 0 saturated carbocycles. The molecule has 0 radical (unpaired) electrons. The third-order valence-electron chi connectivity index (χ3n) is 5.83. The number of carbonyl (C=O) groups excluding carboxylic acids is 1. The second kappa shape index (κ2) is 12.3. The molecule has 0 saturated heterocycles. The smallest absolute Gasteiger partial charge is 0.407 e. The Bertz CT molecular complexity index is 875. The molecule has 1 amide bonds. The Balaban J connectivity index is 2.16. The fourth-order valence-corrected chi connectivity index (χ4v) is 3.94. The Labute approximate surface area is 197 Å². The lowest BCUT2D eigenvalue weighted by Gasteiger charge is -2.30. The van der Waals surface area contributed by atoms with Crippen molar-refractivity contribution in [1.82, 2.24) is 15.1 Å². The third-order valence-corrected chi connectivity index (χ3v) is 5.83. The number of carbonyl (C=O) groups is 1. The zero-order chi connectivity index (χ0) is 24.6. The zero-order valence-corrected chi connectivity index (χ0v) is 21.0. The molecule has 2 aromatic rings. The number of aliphatic hydroxyl groups is 1. The average Bonchev–Trinajstić information content (AvgIpc) is 3.13. The van der Waals surface area contributed by atoms with E-state index in [4.69, 9.17) is 15.2 Å². The van der Waals surface area contributed by atoms with Crippen LogP contribution in [0, 0.1) is 11.8 Å². The van der Waals surface area contributed by atoms with Gasteiger partial charge in [-0.05, 0) is 63.5 Å². The van der Waals surface area contributed by atoms with E-state index in [1.165, 1.54) is 5.56 Å². The van der Waals surface area contributed by atoms with Crippen molar-refractivity contribution in [3.63, 3.8) is 0 Å². The van der Waals surface area contributed by atoms with Crippen LogP contribution in [0.3, 0.4) is 0 Å². The van der Waals surface area contributed by atoms with Crippen LogP contribution in [0.5, 0.6) is 0 Å². The number of nitrogens with zero attached hydrogens (tertiary/aromatic N) is 2. The van der Waals surface area contributed by atoms with Crippen LogP contribution in [0.1, 0.15) is 53.0 Å². The number of ether oxygens (including phenoxy) is 2. The summed E-state index contributed by atoms with van der Waals surface area (Å²) in [6.45, 7) is 11.3. The fourth-order valence-electron chi connectivity index (χ4n) is 3.94. The van der Waals surface area contributed by atoms with Gasteiger partial charge in [-0.15, -0.1) is 0 Å². The van der Waals surface area contributed by atoms with Crippen LogP contribution in [-0.2, 0) is 22.4 Å². The van der Waals surface area contributed by atoms with Crippen molar-refractivity contribution in [3.8, 4) is 0 Å². The van der Waals surface area contributed by atoms with Crippen molar-refractivity contribution in [3.05, 3.63) is 30.0 Å². The van der Waals surface area contributed by atoms with Gasteiger partial charge >= 0.3 is 6.09 Å². The van der Waals surface area contributed by atoms with E-state index in [0.717, 1.165) is 30.3 Å². The van der Waals surface area contributed by atoms with Crippen molar-refractivity contribution < 1.29 is 19.4 Å². The molecule has 1 heterocycles. The maximum absolute atomic E-state index is 12.4. The van der Waals surface area contributed by atoms with Gasteiger partial charge in [-0.3, -0.25) is 4.68 Å². The number of nitrogens with one attached hydrogen (secondary N) is 1. The number of aryl methyl sites for hydroxylation is 1. The Morgan fingerprint density at radius 1 is 1.30 bits per heavy atom. The summed E-state index contributed by atoms with van der Waals surface area (Å²) in [6, 6.07) is 5.95. The van der Waals surface area contributed by atoms with Gasteiger partial charge in [0.05, 0.1) is 23.9 Å². The number of aromatic nitrogens is 2. The Hall–Kier alpha value is -2.16. The summed E-state index contributed by atoms with van der Waals surface area (Å²) in [5.74, 6) is 0.577. The number of aliphatic hydroxyl groups excluding tert-OH is 1. The number of methoxy groups -OCH3 is 1. The maximum atomic E-state index is 12.4. The second-order valence-electron chi connectivity index (χ2n) is 10.1. The van der Waals surface area contributed by atoms with E-state index in [1.807, 2.05) is 31.6 Å². The minimum absolute atomic E-state index is 0.0674. The Morgan fingerprint density at radius 3 is 2.64 bits per heavy atom. The first-order valence-corrected chi connectivity index (χ1v) is 11.8. The van der Waals surface area contributed by atoms with Crippen LogP contribution in [0.25, 0.3) is 10.9 Å². The largest absolute Gasteiger partial charge is 0.444 e. The summed E-state index contributed by atoms with van der Waals surface area (Å²) < 4.78 is 12.6. The molecule has 8 nitrogen and oxygen atoms in total. The van der Waals surface area contributed by atoms with E-state index >= 15 is 0 Å². The molecular weight excluding hydrogens is 420 g/mol. The van der Waals surface area contributed by atoms with Crippen LogP contribution >= 0.6 is 0 Å². The van der Waals surface area contributed by atoms with Gasteiger partial charge in [0, 0.05) is 32.2 Å². The molecule has 0 aliphatic rings. The number of hydrogen-bond donors (Lipinski definition) is 3. The van der Waals surface area contributed by atoms with Crippen molar-refractivity contribution in [2.24, 2.45) is 17.6 Å². The monoisotopic (exact) mass is 462 g/mol. The molecule has 1 aromatic carbocycles. The quantitative estimate of drug-likeness (QED) is 0.416. The van der Waals surface area contributed by atoms with E-state index in [2.05, 4.69) is 42.5 Å². The van der Waals surface area contributed by atoms with Gasteiger partial charge in [-0.2, -0.15) is 5.10 Å². The summed E-state index contributed by atoms with van der Waals surface area (Å²) in [4.78, 5) is 12.4. The van der Waals surface area contributed by atoms with Crippen molar-refractivity contribution in [2.75, 3.05) is 20.3 Å². The average molecular weight is 463 g/mol. The number of amides is 1. The number of benzene rings is 1. The van der Waals surface area contributed by atoms with Crippen molar-refractivity contribution >= 4 is 17.0 Å². The Morgan fingerprint density at radius 2 is 2.03 bits per heavy atom. The standard InChI is InChI=1S/C25H42N4O4/c1-17(2)20(14-21(23(30)15-26)28-24(31)33-25(3,4)5)12-18-8-9-19-16-27-29(22(19)13-18)10-7-11-32-6/h8-9,13,16-17,20-21,23,30H,7,10-12,14-15,26H2,1-6H3,(H,28,31)/t20-,21-,23-/m0/s1. The first-order valence-electron chi connectivity index (χ1n) is 11.8. The van der Waals surface area contributed by atoms with E-state index in [1.54, 1.807) is 7.11 Å². The summed E-state index contributed by atoms with van der Waals surface area (Å²) in [5.41, 5.74) is 7.44. The molecule has 0 aliphatic heterocycles. The predicted octanol–water partition coefficient (Wildman–Crippen LogP) is 3.49. The van der Waals surface area contributed by atoms with Gasteiger partial charge in [0.1, 0.15) is 5.60 Å². The van der Waals surface area contributed by atoms with Crippen LogP contribution < -0.4 is 11.1 Å². The van der Waals surface area contributed by atoms with Gasteiger partial charge in [0.15, 0.2) is 0 Å². The highest BCUT2D eigenvalue weighted by atomic mass is 16.6. The van der Waals surface area contributed by atoms with E-state index in [0.29, 0.717) is 18.9 Å². The molecule has 0 bridgehead atoms. The van der Waals surface area contributed by atoms with Crippen molar-refractivity contribution in [1.29, 1.82) is 0 Å². The third kappa shape index (κ3) is 8.61. The van der Waals surface area contributed by atoms with E-state index in [9.17, 15) is 9.90 Å². The van der Waals surface area contributed by atoms with Gasteiger partial charge in [-0.25, -0.2) is 4.79 Å². The van der Waals surface area contributed by atoms with Crippen LogP contribution in [0.15, 0.2) is 24.4 Å². The molecule has 0 unspecified atom stereocenters. The highest BCUT2D eigenvalue weighted by Crippen LogP contribution is 2.26. The Kier molecular flexibility index (Phi) is 10.1. The van der Waals surface area contributed by atoms with Crippen LogP contribution in [0.4, 0.5) is 4.79 Å². The number of alkyl carbamates (subject to hydrolysis) is 1. The van der Waals surface area contributed by atoms with Gasteiger partial charge in [0.25, 0.3) is 0 Å². The predicted molar refractivity (Wildman–Crippen MR) is 131 cm³/mol. The summed E-state index contributed by atoms with van der Waals surface area (Å²) in [5, 5.41) is 19.0. The number of rotatable bonds is 12. The van der Waals surface area contributed by atoms with Gasteiger partial charge in [0.2, 0.25) is 0 Å². The lowest BCUT2D eigenvalue weighted by molar-refractivity contribution is 0.0400. The molecule has 0 aliphatic carbocycles. The molecule has 8 heteroatoms. The van der Waals surface area contributed by atoms with Crippen molar-refractivity contribution in [2.45, 2.75) is 78.2 Å². The van der Waals surface area contributed by atoms with Gasteiger partial charge < -0.3 is 25.6 Å². The molecule has 2 rings (SSSR count). The molecule has 3 atom stereocenters. The molecule has 0 spiro atoms. The topological polar surface area (TPSA) is 112 Å². The highest BCUT2D eigenvalue weighted by Gasteiger charge is 2.28. The molecule has 4 N–H and O–H groups in total. The number of hydrogen-bond acceptors (Lipinski definition) is 6.